The minimum absolute atomic E-state index is 0.0969. The fourth-order valence-electron chi connectivity index (χ4n) is 0.985. The van der Waals surface area contributed by atoms with E-state index >= 15 is 0 Å². The second-order valence-corrected chi connectivity index (χ2v) is 2.78. The molecule has 0 aromatic heterocycles. The Kier molecular flexibility index (Phi) is 2.35. The third-order valence-electron chi connectivity index (χ3n) is 1.55. The van der Waals surface area contributed by atoms with Gasteiger partial charge in [0.15, 0.2) is 5.72 Å². The van der Waals surface area contributed by atoms with E-state index in [1.165, 1.54) is 6.08 Å². The van der Waals surface area contributed by atoms with Gasteiger partial charge in [-0.25, -0.2) is 0 Å². The number of allylic oxidation sites excluding steroid dienone is 1. The molecule has 0 saturated carbocycles. The molecule has 0 fully saturated rings. The minimum atomic E-state index is -1.32. The average molecular weight is 173 g/mol. The molecule has 3 N–H and O–H groups in total. The van der Waals surface area contributed by atoms with Gasteiger partial charge in [0.1, 0.15) is 5.76 Å². The highest BCUT2D eigenvalue weighted by molar-refractivity contribution is 5.66. The molecule has 0 amide bonds. The molecule has 0 saturated heterocycles. The molecule has 12 heavy (non-hydrogen) atoms. The first-order valence-electron chi connectivity index (χ1n) is 3.59. The summed E-state index contributed by atoms with van der Waals surface area (Å²) in [6, 6.07) is 0. The first-order valence-corrected chi connectivity index (χ1v) is 3.59. The molecule has 0 spiro atoms. The van der Waals surface area contributed by atoms with Crippen LogP contribution >= 0.6 is 0 Å². The summed E-state index contributed by atoms with van der Waals surface area (Å²) in [7, 11) is 0. The minimum Gasteiger partial charge on any atom is -0.481 e. The highest BCUT2D eigenvalue weighted by Crippen LogP contribution is 2.19. The first-order chi connectivity index (χ1) is 5.52. The fourth-order valence-corrected chi connectivity index (χ4v) is 0.985. The quantitative estimate of drug-likeness (QED) is 0.559. The van der Waals surface area contributed by atoms with Crippen molar-refractivity contribution >= 4 is 5.97 Å². The molecule has 0 radical (unpaired) electrons. The molecule has 68 valence electrons. The van der Waals surface area contributed by atoms with Crippen LogP contribution < -0.4 is 5.48 Å². The van der Waals surface area contributed by atoms with Crippen LogP contribution in [0, 0.1) is 0 Å². The molecule has 5 nitrogen and oxygen atoms in total. The maximum Gasteiger partial charge on any atom is 0.303 e. The first kappa shape index (κ1) is 9.02. The highest BCUT2D eigenvalue weighted by atomic mass is 16.7. The number of aliphatic hydroxyl groups is 1. The summed E-state index contributed by atoms with van der Waals surface area (Å²) >= 11 is 0. The SMILES string of the molecule is CC1=CC(O)(CCC(=O)O)NO1. The Labute approximate surface area is 69.6 Å². The van der Waals surface area contributed by atoms with Gasteiger partial charge in [-0.2, -0.15) is 0 Å². The molecule has 0 aromatic carbocycles. The van der Waals surface area contributed by atoms with Gasteiger partial charge < -0.3 is 15.1 Å². The molecule has 5 heteroatoms. The Morgan fingerprint density at radius 2 is 2.50 bits per heavy atom. The average Bonchev–Trinajstić information content (AvgIpc) is 2.29. The number of carboxylic acids is 1. The predicted octanol–water partition coefficient (Wildman–Crippen LogP) is -0.0216. The molecule has 0 aliphatic carbocycles. The normalized spacial score (nSPS) is 28.0. The smallest absolute Gasteiger partial charge is 0.303 e. The maximum atomic E-state index is 10.2. The highest BCUT2D eigenvalue weighted by Gasteiger charge is 2.30. The summed E-state index contributed by atoms with van der Waals surface area (Å²) in [6.07, 6.45) is 1.45. The number of rotatable bonds is 3. The lowest BCUT2D eigenvalue weighted by molar-refractivity contribution is -0.139. The van der Waals surface area contributed by atoms with Gasteiger partial charge in [-0.15, -0.1) is 5.48 Å². The van der Waals surface area contributed by atoms with Gasteiger partial charge in [-0.3, -0.25) is 4.79 Å². The van der Waals surface area contributed by atoms with Crippen molar-refractivity contribution < 1.29 is 19.8 Å². The molecular weight excluding hydrogens is 162 g/mol. The standard InChI is InChI=1S/C7H11NO4/c1-5-4-7(11,8-12-5)3-2-6(9)10/h4,8,11H,2-3H2,1H3,(H,9,10). The van der Waals surface area contributed by atoms with Crippen molar-refractivity contribution in [1.82, 2.24) is 5.48 Å². The van der Waals surface area contributed by atoms with E-state index in [4.69, 9.17) is 9.94 Å². The second kappa shape index (κ2) is 3.12. The summed E-state index contributed by atoms with van der Waals surface area (Å²) < 4.78 is 0. The zero-order chi connectivity index (χ0) is 9.19. The van der Waals surface area contributed by atoms with Crippen molar-refractivity contribution in [2.75, 3.05) is 0 Å². The van der Waals surface area contributed by atoms with Crippen molar-refractivity contribution in [3.05, 3.63) is 11.8 Å². The molecule has 1 aliphatic heterocycles. The number of aliphatic carboxylic acids is 1. The van der Waals surface area contributed by atoms with Gasteiger partial charge in [-0.1, -0.05) is 0 Å². The number of carbonyl (C=O) groups is 1. The van der Waals surface area contributed by atoms with Crippen LogP contribution in [0.2, 0.25) is 0 Å². The van der Waals surface area contributed by atoms with Crippen molar-refractivity contribution in [2.45, 2.75) is 25.5 Å². The van der Waals surface area contributed by atoms with Crippen LogP contribution in [-0.2, 0) is 9.63 Å². The van der Waals surface area contributed by atoms with Crippen molar-refractivity contribution in [2.24, 2.45) is 0 Å². The van der Waals surface area contributed by atoms with E-state index in [1.807, 2.05) is 0 Å². The Morgan fingerprint density at radius 1 is 1.83 bits per heavy atom. The van der Waals surface area contributed by atoms with Crippen molar-refractivity contribution in [3.8, 4) is 0 Å². The number of nitrogens with one attached hydrogen (secondary N) is 1. The molecule has 1 atom stereocenters. The Morgan fingerprint density at radius 3 is 2.92 bits per heavy atom. The molecular formula is C7H11NO4. The molecule has 1 aliphatic rings. The molecule has 1 unspecified atom stereocenters. The third kappa shape index (κ3) is 2.21. The Bertz CT molecular complexity index is 225. The van der Waals surface area contributed by atoms with Gasteiger partial charge in [0.25, 0.3) is 0 Å². The van der Waals surface area contributed by atoms with Gasteiger partial charge >= 0.3 is 5.97 Å². The van der Waals surface area contributed by atoms with Crippen LogP contribution in [0.15, 0.2) is 11.8 Å². The fraction of sp³-hybridized carbons (Fsp3) is 0.571. The van der Waals surface area contributed by atoms with E-state index in [2.05, 4.69) is 5.48 Å². The van der Waals surface area contributed by atoms with E-state index < -0.39 is 11.7 Å². The number of hydrogen-bond donors (Lipinski definition) is 3. The zero-order valence-corrected chi connectivity index (χ0v) is 6.70. The topological polar surface area (TPSA) is 78.8 Å². The van der Waals surface area contributed by atoms with E-state index in [0.29, 0.717) is 5.76 Å². The van der Waals surface area contributed by atoms with Crippen LogP contribution in [-0.4, -0.2) is 21.9 Å². The van der Waals surface area contributed by atoms with Crippen LogP contribution in [0.1, 0.15) is 19.8 Å². The Hall–Kier alpha value is -1.07. The van der Waals surface area contributed by atoms with Gasteiger partial charge in [0.2, 0.25) is 0 Å². The van der Waals surface area contributed by atoms with E-state index in [0.717, 1.165) is 0 Å². The van der Waals surface area contributed by atoms with Crippen LogP contribution in [0.5, 0.6) is 0 Å². The maximum absolute atomic E-state index is 10.2. The number of hydroxylamine groups is 1. The third-order valence-corrected chi connectivity index (χ3v) is 1.55. The summed E-state index contributed by atoms with van der Waals surface area (Å²) in [5.41, 5.74) is 1.02. The molecule has 0 aromatic rings. The molecule has 0 bridgehead atoms. The zero-order valence-electron chi connectivity index (χ0n) is 6.70. The van der Waals surface area contributed by atoms with Gasteiger partial charge in [-0.05, 0) is 6.92 Å². The predicted molar refractivity (Wildman–Crippen MR) is 39.8 cm³/mol. The van der Waals surface area contributed by atoms with E-state index in [9.17, 15) is 9.90 Å². The molecule has 1 rings (SSSR count). The molecule has 1 heterocycles. The van der Waals surface area contributed by atoms with Crippen LogP contribution in [0.4, 0.5) is 0 Å². The number of hydrogen-bond acceptors (Lipinski definition) is 4. The van der Waals surface area contributed by atoms with Gasteiger partial charge in [0, 0.05) is 18.9 Å². The van der Waals surface area contributed by atoms with Crippen molar-refractivity contribution in [3.63, 3.8) is 0 Å². The summed E-state index contributed by atoms with van der Waals surface area (Å²) in [5, 5.41) is 17.9. The van der Waals surface area contributed by atoms with E-state index in [1.54, 1.807) is 6.92 Å². The lowest BCUT2D eigenvalue weighted by atomic mass is 10.1. The van der Waals surface area contributed by atoms with Crippen molar-refractivity contribution in [1.29, 1.82) is 0 Å². The van der Waals surface area contributed by atoms with E-state index in [-0.39, 0.29) is 12.8 Å². The number of carboxylic acid groups (broad SMARTS) is 1. The second-order valence-electron chi connectivity index (χ2n) is 2.78. The van der Waals surface area contributed by atoms with Crippen LogP contribution in [0.25, 0.3) is 0 Å². The summed E-state index contributed by atoms with van der Waals surface area (Å²) in [4.78, 5) is 14.9. The lowest BCUT2D eigenvalue weighted by Crippen LogP contribution is -2.39. The summed E-state index contributed by atoms with van der Waals surface area (Å²) in [6.45, 7) is 1.67. The largest absolute Gasteiger partial charge is 0.481 e. The van der Waals surface area contributed by atoms with Crippen LogP contribution in [0.3, 0.4) is 0 Å². The summed E-state index contributed by atoms with van der Waals surface area (Å²) in [5.74, 6) is -0.397. The monoisotopic (exact) mass is 173 g/mol. The lowest BCUT2D eigenvalue weighted by Gasteiger charge is -2.17. The Balaban J connectivity index is 2.46. The van der Waals surface area contributed by atoms with Gasteiger partial charge in [0.05, 0.1) is 0 Å².